The van der Waals surface area contributed by atoms with Gasteiger partial charge < -0.3 is 20.2 Å². The Morgan fingerprint density at radius 1 is 1.04 bits per heavy atom. The normalized spacial score (nSPS) is 28.9. The van der Waals surface area contributed by atoms with Gasteiger partial charge in [-0.05, 0) is 11.1 Å². The Kier molecular flexibility index (Phi) is 3.93. The number of likely N-dealkylation sites (tertiary alicyclic amines) is 1. The first-order chi connectivity index (χ1) is 11.0. The number of rotatable bonds is 3. The summed E-state index contributed by atoms with van der Waals surface area (Å²) >= 11 is 0. The highest BCUT2D eigenvalue weighted by Gasteiger charge is 2.60. The van der Waals surface area contributed by atoms with Crippen molar-refractivity contribution >= 4 is 5.91 Å². The zero-order valence-corrected chi connectivity index (χ0v) is 12.7. The molecule has 5 heteroatoms. The van der Waals surface area contributed by atoms with Crippen LogP contribution in [0.1, 0.15) is 17.2 Å². The van der Waals surface area contributed by atoms with Crippen molar-refractivity contribution in [1.82, 2.24) is 4.90 Å². The highest BCUT2D eigenvalue weighted by molar-refractivity contribution is 5.86. The Morgan fingerprint density at radius 2 is 1.57 bits per heavy atom. The smallest absolute Gasteiger partial charge is 0.255 e. The molecule has 0 unspecified atom stereocenters. The maximum absolute atomic E-state index is 12.2. The lowest BCUT2D eigenvalue weighted by molar-refractivity contribution is -0.138. The van der Waals surface area contributed by atoms with E-state index in [-0.39, 0.29) is 0 Å². The van der Waals surface area contributed by atoms with Gasteiger partial charge in [0.1, 0.15) is 11.7 Å². The molecule has 1 aliphatic heterocycles. The molecule has 1 heterocycles. The van der Waals surface area contributed by atoms with Gasteiger partial charge >= 0.3 is 0 Å². The maximum atomic E-state index is 12.2. The number of amides is 1. The van der Waals surface area contributed by atoms with E-state index in [1.165, 1.54) is 11.9 Å². The first-order valence-corrected chi connectivity index (χ1v) is 7.43. The van der Waals surface area contributed by atoms with Gasteiger partial charge in [-0.3, -0.25) is 4.79 Å². The monoisotopic (exact) mass is 313 g/mol. The molecule has 120 valence electrons. The second kappa shape index (κ2) is 5.77. The van der Waals surface area contributed by atoms with Crippen LogP contribution in [0.4, 0.5) is 0 Å². The number of carbonyl (C=O) groups is 1. The molecule has 1 fully saturated rings. The molecular weight excluding hydrogens is 294 g/mol. The van der Waals surface area contributed by atoms with Crippen molar-refractivity contribution in [3.63, 3.8) is 0 Å². The second-order valence-corrected chi connectivity index (χ2v) is 5.84. The summed E-state index contributed by atoms with van der Waals surface area (Å²) in [5, 5.41) is 32.3. The molecule has 2 aromatic carbocycles. The van der Waals surface area contributed by atoms with Crippen LogP contribution in [0.2, 0.25) is 0 Å². The lowest BCUT2D eigenvalue weighted by Crippen LogP contribution is -2.49. The van der Waals surface area contributed by atoms with E-state index < -0.39 is 29.8 Å². The fourth-order valence-corrected chi connectivity index (χ4v) is 3.29. The van der Waals surface area contributed by atoms with Gasteiger partial charge in [0, 0.05) is 7.05 Å². The number of nitrogens with zero attached hydrogens (tertiary/aromatic N) is 1. The lowest BCUT2D eigenvalue weighted by Gasteiger charge is -2.36. The molecule has 0 spiro atoms. The highest BCUT2D eigenvalue weighted by Crippen LogP contribution is 2.43. The molecule has 0 aromatic heterocycles. The van der Waals surface area contributed by atoms with E-state index in [1.54, 1.807) is 54.6 Å². The quantitative estimate of drug-likeness (QED) is 0.783. The van der Waals surface area contributed by atoms with Crippen LogP contribution in [-0.4, -0.2) is 45.3 Å². The van der Waals surface area contributed by atoms with Crippen LogP contribution in [0.15, 0.2) is 60.7 Å². The zero-order valence-electron chi connectivity index (χ0n) is 12.7. The average Bonchev–Trinajstić information content (AvgIpc) is 2.77. The van der Waals surface area contributed by atoms with Gasteiger partial charge in [0.05, 0.1) is 6.04 Å². The number of carbonyl (C=O) groups excluding carboxylic acids is 1. The number of hydrogen-bond donors (Lipinski definition) is 3. The molecule has 2 aromatic rings. The molecule has 1 aliphatic rings. The fourth-order valence-electron chi connectivity index (χ4n) is 3.29. The molecule has 0 radical (unpaired) electrons. The van der Waals surface area contributed by atoms with Crippen molar-refractivity contribution in [2.24, 2.45) is 0 Å². The van der Waals surface area contributed by atoms with Crippen LogP contribution < -0.4 is 0 Å². The van der Waals surface area contributed by atoms with Gasteiger partial charge in [-0.15, -0.1) is 0 Å². The van der Waals surface area contributed by atoms with Crippen molar-refractivity contribution in [2.75, 3.05) is 7.05 Å². The minimum Gasteiger partial charge on any atom is -0.386 e. The Morgan fingerprint density at radius 3 is 2.13 bits per heavy atom. The molecule has 0 aliphatic carbocycles. The third-order valence-corrected chi connectivity index (χ3v) is 4.54. The van der Waals surface area contributed by atoms with Gasteiger partial charge in [0.25, 0.3) is 5.91 Å². The SMILES string of the molecule is CN1C(=O)[C@@H](O)[C@](O)(c2ccccc2)[C@@H]1[C@@H](O)c1ccccc1. The number of likely N-dealkylation sites (N-methyl/N-ethyl adjacent to an activating group) is 1. The van der Waals surface area contributed by atoms with E-state index >= 15 is 0 Å². The first-order valence-electron chi connectivity index (χ1n) is 7.43. The van der Waals surface area contributed by atoms with Crippen molar-refractivity contribution in [1.29, 1.82) is 0 Å². The summed E-state index contributed by atoms with van der Waals surface area (Å²) in [7, 11) is 1.48. The third-order valence-electron chi connectivity index (χ3n) is 4.54. The summed E-state index contributed by atoms with van der Waals surface area (Å²) in [4.78, 5) is 13.5. The predicted molar refractivity (Wildman–Crippen MR) is 84.3 cm³/mol. The summed E-state index contributed by atoms with van der Waals surface area (Å²) in [5.74, 6) is -0.615. The summed E-state index contributed by atoms with van der Waals surface area (Å²) in [5.41, 5.74) is -0.923. The molecule has 0 saturated carbocycles. The lowest BCUT2D eigenvalue weighted by atomic mass is 9.80. The van der Waals surface area contributed by atoms with Crippen molar-refractivity contribution < 1.29 is 20.1 Å². The zero-order chi connectivity index (χ0) is 16.6. The fraction of sp³-hybridized carbons (Fsp3) is 0.278. The van der Waals surface area contributed by atoms with Gasteiger partial charge in [0.2, 0.25) is 0 Å². The summed E-state index contributed by atoms with van der Waals surface area (Å²) < 4.78 is 0. The number of aliphatic hydroxyl groups excluding tert-OH is 2. The Labute approximate surface area is 134 Å². The van der Waals surface area contributed by atoms with Crippen LogP contribution in [-0.2, 0) is 10.4 Å². The van der Waals surface area contributed by atoms with E-state index in [1.807, 2.05) is 6.07 Å². The van der Waals surface area contributed by atoms with Crippen LogP contribution in [0, 0.1) is 0 Å². The maximum Gasteiger partial charge on any atom is 0.255 e. The summed E-state index contributed by atoms with van der Waals surface area (Å²) in [6.07, 6.45) is -2.76. The van der Waals surface area contributed by atoms with Crippen molar-refractivity contribution in [3.8, 4) is 0 Å². The molecule has 5 nitrogen and oxygen atoms in total. The van der Waals surface area contributed by atoms with E-state index in [0.29, 0.717) is 11.1 Å². The predicted octanol–water partition coefficient (Wildman–Crippen LogP) is 0.809. The standard InChI is InChI=1S/C18H19NO4/c1-19-15(14(20)12-8-4-2-5-9-12)18(23,16(21)17(19)22)13-10-6-3-7-11-13/h2-11,14-16,20-21,23H,1H3/t14-,15-,16+,18-/m0/s1. The average molecular weight is 313 g/mol. The minimum atomic E-state index is -1.89. The topological polar surface area (TPSA) is 81.0 Å². The molecule has 3 N–H and O–H groups in total. The number of benzene rings is 2. The second-order valence-electron chi connectivity index (χ2n) is 5.84. The van der Waals surface area contributed by atoms with E-state index in [2.05, 4.69) is 0 Å². The third kappa shape index (κ3) is 2.34. The van der Waals surface area contributed by atoms with Crippen molar-refractivity contribution in [3.05, 3.63) is 71.8 Å². The Bertz CT molecular complexity index is 691. The first kappa shape index (κ1) is 15.7. The number of aliphatic hydroxyl groups is 3. The molecule has 1 amide bonds. The molecule has 1 saturated heterocycles. The molecular formula is C18H19NO4. The summed E-state index contributed by atoms with van der Waals surface area (Å²) in [6, 6.07) is 16.3. The van der Waals surface area contributed by atoms with E-state index in [0.717, 1.165) is 0 Å². The van der Waals surface area contributed by atoms with Crippen LogP contribution in [0.25, 0.3) is 0 Å². The molecule has 3 rings (SSSR count). The number of hydrogen-bond acceptors (Lipinski definition) is 4. The van der Waals surface area contributed by atoms with Crippen LogP contribution in [0.5, 0.6) is 0 Å². The van der Waals surface area contributed by atoms with Crippen molar-refractivity contribution in [2.45, 2.75) is 23.9 Å². The van der Waals surface area contributed by atoms with Gasteiger partial charge in [-0.2, -0.15) is 0 Å². The molecule has 0 bridgehead atoms. The highest BCUT2D eigenvalue weighted by atomic mass is 16.4. The van der Waals surface area contributed by atoms with Gasteiger partial charge in [0.15, 0.2) is 6.10 Å². The van der Waals surface area contributed by atoms with E-state index in [4.69, 9.17) is 0 Å². The largest absolute Gasteiger partial charge is 0.386 e. The van der Waals surface area contributed by atoms with Gasteiger partial charge in [-0.25, -0.2) is 0 Å². The van der Waals surface area contributed by atoms with E-state index in [9.17, 15) is 20.1 Å². The Hall–Kier alpha value is -2.21. The van der Waals surface area contributed by atoms with Gasteiger partial charge in [-0.1, -0.05) is 60.7 Å². The molecule has 23 heavy (non-hydrogen) atoms. The van der Waals surface area contributed by atoms with Crippen LogP contribution >= 0.6 is 0 Å². The minimum absolute atomic E-state index is 0.394. The van der Waals surface area contributed by atoms with Crippen LogP contribution in [0.3, 0.4) is 0 Å². The molecule has 4 atom stereocenters. The summed E-state index contributed by atoms with van der Waals surface area (Å²) in [6.45, 7) is 0. The Balaban J connectivity index is 2.10.